The Morgan fingerprint density at radius 3 is 2.50 bits per heavy atom. The summed E-state index contributed by atoms with van der Waals surface area (Å²) in [6, 6.07) is 1.33. The molecule has 24 heavy (non-hydrogen) atoms. The summed E-state index contributed by atoms with van der Waals surface area (Å²) in [5, 5.41) is 5.82. The number of nitrogens with one attached hydrogen (secondary N) is 2. The number of carbonyl (C=O) groups is 1. The summed E-state index contributed by atoms with van der Waals surface area (Å²) in [5.74, 6) is 0.235. The van der Waals surface area contributed by atoms with Gasteiger partial charge >= 0.3 is 11.7 Å². The first-order chi connectivity index (χ1) is 11.1. The second-order valence-electron chi connectivity index (χ2n) is 7.44. The summed E-state index contributed by atoms with van der Waals surface area (Å²) in [6.45, 7) is 13.2. The van der Waals surface area contributed by atoms with Gasteiger partial charge in [0, 0.05) is 32.2 Å². The van der Waals surface area contributed by atoms with Crippen LogP contribution >= 0.6 is 0 Å². The van der Waals surface area contributed by atoms with Crippen molar-refractivity contribution in [3.63, 3.8) is 0 Å². The molecule has 2 heterocycles. The first-order valence-electron chi connectivity index (χ1n) is 8.16. The van der Waals surface area contributed by atoms with Crippen molar-refractivity contribution in [2.75, 3.05) is 31.5 Å². The quantitative estimate of drug-likeness (QED) is 0.795. The van der Waals surface area contributed by atoms with Gasteiger partial charge in [0.1, 0.15) is 5.82 Å². The maximum absolute atomic E-state index is 12.2. The number of rotatable bonds is 3. The number of hydrogen-bond donors (Lipinski definition) is 2. The summed E-state index contributed by atoms with van der Waals surface area (Å²) in [6.07, 6.45) is 1.52. The number of urea groups is 1. The van der Waals surface area contributed by atoms with Crippen molar-refractivity contribution in [2.45, 2.75) is 38.9 Å². The maximum Gasteiger partial charge on any atom is 0.381 e. The van der Waals surface area contributed by atoms with Crippen LogP contribution < -0.4 is 20.9 Å². The van der Waals surface area contributed by atoms with Gasteiger partial charge in [-0.25, -0.2) is 9.59 Å². The number of piperazine rings is 1. The number of anilines is 1. The molecule has 2 amide bonds. The number of carbonyl (C=O) groups excluding carboxylic acids is 1. The normalized spacial score (nSPS) is 16.0. The van der Waals surface area contributed by atoms with Gasteiger partial charge in [-0.15, -0.1) is 0 Å². The predicted molar refractivity (Wildman–Crippen MR) is 95.7 cm³/mol. The second kappa shape index (κ2) is 6.94. The van der Waals surface area contributed by atoms with Crippen LogP contribution in [-0.4, -0.2) is 55.1 Å². The second-order valence-corrected chi connectivity index (χ2v) is 12.1. The summed E-state index contributed by atoms with van der Waals surface area (Å²) < 4.78 is 7.09. The van der Waals surface area contributed by atoms with E-state index >= 15 is 0 Å². The van der Waals surface area contributed by atoms with Crippen LogP contribution in [0.15, 0.2) is 17.1 Å². The van der Waals surface area contributed by atoms with Gasteiger partial charge in [-0.2, -0.15) is 9.71 Å². The van der Waals surface area contributed by atoms with E-state index in [0.717, 1.165) is 17.8 Å². The van der Waals surface area contributed by atoms with Crippen molar-refractivity contribution in [2.24, 2.45) is 0 Å². The minimum atomic E-state index is -2.13. The minimum Gasteiger partial charge on any atom is -0.466 e. The zero-order valence-electron chi connectivity index (χ0n) is 15.0. The monoisotopic (exact) mass is 353 g/mol. The molecule has 8 nitrogen and oxygen atoms in total. The lowest BCUT2D eigenvalue weighted by atomic mass is 10.2. The molecule has 2 N–H and O–H groups in total. The summed E-state index contributed by atoms with van der Waals surface area (Å²) in [4.78, 5) is 29.9. The van der Waals surface area contributed by atoms with Crippen LogP contribution in [0.5, 0.6) is 0 Å². The molecule has 1 saturated heterocycles. The Balaban J connectivity index is 2.07. The molecule has 0 spiro atoms. The third kappa shape index (κ3) is 4.35. The number of aromatic nitrogens is 2. The molecule has 1 aliphatic rings. The van der Waals surface area contributed by atoms with E-state index in [4.69, 9.17) is 4.53 Å². The predicted octanol–water partition coefficient (Wildman–Crippen LogP) is 1.11. The molecule has 0 unspecified atom stereocenters. The lowest BCUT2D eigenvalue weighted by Gasteiger charge is -2.35. The van der Waals surface area contributed by atoms with E-state index in [9.17, 15) is 9.59 Å². The Morgan fingerprint density at radius 1 is 1.33 bits per heavy atom. The van der Waals surface area contributed by atoms with Gasteiger partial charge in [0.15, 0.2) is 0 Å². The Bertz CT molecular complexity index is 647. The number of hydrogen-bond acceptors (Lipinski definition) is 5. The molecular formula is C15H27N5O3Si. The summed E-state index contributed by atoms with van der Waals surface area (Å²) >= 11 is 0. The molecular weight excluding hydrogens is 326 g/mol. The van der Waals surface area contributed by atoms with Crippen LogP contribution in [0.1, 0.15) is 20.8 Å². The first-order valence-corrected chi connectivity index (χ1v) is 11.1. The molecule has 1 fully saturated rings. The first kappa shape index (κ1) is 18.5. The average Bonchev–Trinajstić information content (AvgIpc) is 2.49. The highest BCUT2D eigenvalue weighted by molar-refractivity contribution is 6.74. The zero-order valence-corrected chi connectivity index (χ0v) is 16.0. The maximum atomic E-state index is 12.2. The number of nitrogens with zero attached hydrogens (tertiary/aromatic N) is 3. The van der Waals surface area contributed by atoms with Crippen LogP contribution in [0.25, 0.3) is 0 Å². The van der Waals surface area contributed by atoms with Gasteiger partial charge in [-0.3, -0.25) is 5.32 Å². The molecule has 2 rings (SSSR count). The third-order valence-electron chi connectivity index (χ3n) is 4.54. The van der Waals surface area contributed by atoms with Crippen molar-refractivity contribution in [1.82, 2.24) is 19.9 Å². The van der Waals surface area contributed by atoms with E-state index in [1.165, 1.54) is 6.20 Å². The van der Waals surface area contributed by atoms with Crippen LogP contribution in [0.3, 0.4) is 0 Å². The minimum absolute atomic E-state index is 0.0262. The van der Waals surface area contributed by atoms with Crippen molar-refractivity contribution in [3.05, 3.63) is 22.7 Å². The molecule has 9 heteroatoms. The van der Waals surface area contributed by atoms with Crippen LogP contribution in [-0.2, 0) is 0 Å². The summed E-state index contributed by atoms with van der Waals surface area (Å²) in [7, 11) is -2.13. The molecule has 0 aromatic carbocycles. The molecule has 0 radical (unpaired) electrons. The van der Waals surface area contributed by atoms with Crippen molar-refractivity contribution in [3.8, 4) is 0 Å². The van der Waals surface area contributed by atoms with Gasteiger partial charge in [0.2, 0.25) is 0 Å². The molecule has 1 aliphatic heterocycles. The topological polar surface area (TPSA) is 88.5 Å². The van der Waals surface area contributed by atoms with Gasteiger partial charge in [0.05, 0.1) is 6.20 Å². The molecule has 0 bridgehead atoms. The molecule has 0 saturated carbocycles. The van der Waals surface area contributed by atoms with E-state index in [1.54, 1.807) is 11.0 Å². The molecule has 1 aromatic heterocycles. The molecule has 0 atom stereocenters. The lowest BCUT2D eigenvalue weighted by Crippen LogP contribution is -2.51. The Morgan fingerprint density at radius 2 is 1.96 bits per heavy atom. The highest BCUT2D eigenvalue weighted by Crippen LogP contribution is 2.34. The Kier molecular flexibility index (Phi) is 5.34. The summed E-state index contributed by atoms with van der Waals surface area (Å²) in [5.41, 5.74) is -0.530. The van der Waals surface area contributed by atoms with Gasteiger partial charge in [-0.1, -0.05) is 20.8 Å². The average molecular weight is 353 g/mol. The van der Waals surface area contributed by atoms with Gasteiger partial charge < -0.3 is 14.7 Å². The largest absolute Gasteiger partial charge is 0.466 e. The fourth-order valence-electron chi connectivity index (χ4n) is 1.97. The highest BCUT2D eigenvalue weighted by Gasteiger charge is 2.40. The van der Waals surface area contributed by atoms with E-state index < -0.39 is 14.0 Å². The fourth-order valence-corrected chi connectivity index (χ4v) is 2.87. The van der Waals surface area contributed by atoms with Crippen LogP contribution in [0.4, 0.5) is 10.6 Å². The van der Waals surface area contributed by atoms with Crippen molar-refractivity contribution < 1.29 is 9.32 Å². The van der Waals surface area contributed by atoms with E-state index in [1.807, 2.05) is 0 Å². The SMILES string of the molecule is CC(C)(C)[Si](C)(C)On1ccc(NC(=O)N2CCNCC2)nc1=O. The Labute approximate surface area is 143 Å². The molecule has 1 aromatic rings. The van der Waals surface area contributed by atoms with E-state index in [0.29, 0.717) is 13.1 Å². The van der Waals surface area contributed by atoms with Crippen LogP contribution in [0.2, 0.25) is 18.1 Å². The van der Waals surface area contributed by atoms with Gasteiger partial charge in [-0.05, 0) is 18.1 Å². The molecule has 0 aliphatic carbocycles. The fraction of sp³-hybridized carbons (Fsp3) is 0.667. The Hall–Kier alpha value is -1.87. The van der Waals surface area contributed by atoms with Crippen molar-refractivity contribution >= 4 is 20.2 Å². The number of amides is 2. The zero-order chi connectivity index (χ0) is 18.0. The lowest BCUT2D eigenvalue weighted by molar-refractivity contribution is 0.203. The smallest absolute Gasteiger partial charge is 0.381 e. The van der Waals surface area contributed by atoms with Gasteiger partial charge in [0.25, 0.3) is 8.32 Å². The molecule has 134 valence electrons. The van der Waals surface area contributed by atoms with Crippen LogP contribution in [0, 0.1) is 0 Å². The van der Waals surface area contributed by atoms with Crippen molar-refractivity contribution in [1.29, 1.82) is 0 Å². The standard InChI is InChI=1S/C15H27N5O3Si/c1-15(2,3)24(4,5)23-20-9-6-12(18-14(20)22)17-13(21)19-10-7-16-8-11-19/h6,9,16H,7-8,10-11H2,1-5H3,(H,17,18,21,22). The third-order valence-corrected chi connectivity index (χ3v) is 8.81. The highest BCUT2D eigenvalue weighted by atomic mass is 28.4. The van der Waals surface area contributed by atoms with E-state index in [2.05, 4.69) is 49.5 Å². The van der Waals surface area contributed by atoms with E-state index in [-0.39, 0.29) is 16.9 Å².